The Kier molecular flexibility index (Phi) is 4.77. The monoisotopic (exact) mass is 310 g/mol. The zero-order valence-electron chi connectivity index (χ0n) is 13.1. The van der Waals surface area contributed by atoms with Crippen molar-refractivity contribution in [2.24, 2.45) is 0 Å². The number of pyridine rings is 1. The van der Waals surface area contributed by atoms with Crippen LogP contribution in [0.2, 0.25) is 5.15 Å². The van der Waals surface area contributed by atoms with Gasteiger partial charge < -0.3 is 9.64 Å². The first-order valence-corrected chi connectivity index (χ1v) is 7.82. The normalized spacial score (nSPS) is 18.3. The molecule has 0 saturated heterocycles. The van der Waals surface area contributed by atoms with Crippen LogP contribution in [0.3, 0.4) is 0 Å². The van der Waals surface area contributed by atoms with Gasteiger partial charge in [-0.3, -0.25) is 0 Å². The zero-order valence-corrected chi connectivity index (χ0v) is 13.9. The van der Waals surface area contributed by atoms with Crippen molar-refractivity contribution in [3.63, 3.8) is 0 Å². The van der Waals surface area contributed by atoms with Crippen molar-refractivity contribution in [1.29, 1.82) is 0 Å². The highest BCUT2D eigenvalue weighted by Gasteiger charge is 2.32. The van der Waals surface area contributed by atoms with Crippen LogP contribution in [-0.4, -0.2) is 27.6 Å². The molecular weight excluding hydrogens is 288 g/mol. The number of nitrogens with zero attached hydrogens (tertiary/aromatic N) is 2. The van der Waals surface area contributed by atoms with Crippen LogP contribution in [0, 0.1) is 0 Å². The van der Waals surface area contributed by atoms with Gasteiger partial charge in [0, 0.05) is 18.2 Å². The van der Waals surface area contributed by atoms with Crippen molar-refractivity contribution in [1.82, 2.24) is 9.88 Å². The zero-order chi connectivity index (χ0) is 15.6. The molecule has 1 amide bonds. The second-order valence-corrected chi connectivity index (χ2v) is 6.88. The molecule has 21 heavy (non-hydrogen) atoms. The van der Waals surface area contributed by atoms with Gasteiger partial charge >= 0.3 is 6.09 Å². The molecule has 0 aliphatic carbocycles. The average Bonchev–Trinajstić information content (AvgIpc) is 2.36. The van der Waals surface area contributed by atoms with E-state index in [4.69, 9.17) is 16.3 Å². The Balaban J connectivity index is 2.23. The number of ether oxygens (including phenoxy) is 1. The molecule has 1 aliphatic heterocycles. The smallest absolute Gasteiger partial charge is 0.410 e. The van der Waals surface area contributed by atoms with E-state index in [2.05, 4.69) is 11.9 Å². The summed E-state index contributed by atoms with van der Waals surface area (Å²) < 4.78 is 5.53. The molecular formula is C16H23ClN2O2. The van der Waals surface area contributed by atoms with Crippen LogP contribution < -0.4 is 0 Å². The number of fused-ring (bicyclic) bond motifs is 1. The summed E-state index contributed by atoms with van der Waals surface area (Å²) in [6.07, 6.45) is 2.44. The highest BCUT2D eigenvalue weighted by molar-refractivity contribution is 6.29. The molecule has 0 radical (unpaired) electrons. The lowest BCUT2D eigenvalue weighted by atomic mass is 9.96. The standard InChI is InChI=1S/C16H23ClN2O2/c1-5-6-12-9-13-11(7-8-14(17)18-13)10-19(12)15(20)21-16(2,3)4/h7-8,12H,5-6,9-10H2,1-4H3. The fourth-order valence-electron chi connectivity index (χ4n) is 2.60. The molecule has 0 aromatic carbocycles. The third-order valence-corrected chi connectivity index (χ3v) is 3.71. The third kappa shape index (κ3) is 4.10. The maximum atomic E-state index is 12.4. The highest BCUT2D eigenvalue weighted by Crippen LogP contribution is 2.27. The minimum absolute atomic E-state index is 0.128. The third-order valence-electron chi connectivity index (χ3n) is 3.49. The molecule has 2 rings (SSSR count). The Hall–Kier alpha value is -1.29. The van der Waals surface area contributed by atoms with Crippen molar-refractivity contribution in [3.8, 4) is 0 Å². The molecule has 5 heteroatoms. The van der Waals surface area contributed by atoms with E-state index in [9.17, 15) is 4.79 Å². The van der Waals surface area contributed by atoms with Crippen LogP contribution >= 0.6 is 11.6 Å². The second-order valence-electron chi connectivity index (χ2n) is 6.49. The van der Waals surface area contributed by atoms with Gasteiger partial charge in [-0.1, -0.05) is 31.0 Å². The summed E-state index contributed by atoms with van der Waals surface area (Å²) in [6.45, 7) is 8.32. The van der Waals surface area contributed by atoms with Gasteiger partial charge in [-0.15, -0.1) is 0 Å². The lowest BCUT2D eigenvalue weighted by Gasteiger charge is -2.37. The SMILES string of the molecule is CCCC1Cc2nc(Cl)ccc2CN1C(=O)OC(C)(C)C. The summed E-state index contributed by atoms with van der Waals surface area (Å²) in [5.41, 5.74) is 1.57. The van der Waals surface area contributed by atoms with E-state index in [-0.39, 0.29) is 12.1 Å². The van der Waals surface area contributed by atoms with Gasteiger partial charge in [0.15, 0.2) is 0 Å². The fraction of sp³-hybridized carbons (Fsp3) is 0.625. The Labute approximate surface area is 131 Å². The summed E-state index contributed by atoms with van der Waals surface area (Å²) in [4.78, 5) is 18.7. The van der Waals surface area contributed by atoms with E-state index in [0.29, 0.717) is 11.7 Å². The van der Waals surface area contributed by atoms with Gasteiger partial charge in [0.25, 0.3) is 0 Å². The maximum absolute atomic E-state index is 12.4. The molecule has 0 fully saturated rings. The first-order valence-electron chi connectivity index (χ1n) is 7.44. The fourth-order valence-corrected chi connectivity index (χ4v) is 2.76. The molecule has 1 aliphatic rings. The van der Waals surface area contributed by atoms with Gasteiger partial charge in [-0.2, -0.15) is 0 Å². The summed E-state index contributed by atoms with van der Waals surface area (Å²) in [5.74, 6) is 0. The van der Waals surface area contributed by atoms with Gasteiger partial charge in [0.05, 0.1) is 6.54 Å². The molecule has 0 saturated carbocycles. The van der Waals surface area contributed by atoms with E-state index in [1.165, 1.54) is 0 Å². The minimum Gasteiger partial charge on any atom is -0.444 e. The number of hydrogen-bond acceptors (Lipinski definition) is 3. The summed E-state index contributed by atoms with van der Waals surface area (Å²) in [5, 5.41) is 0.509. The molecule has 0 bridgehead atoms. The Morgan fingerprint density at radius 3 is 2.81 bits per heavy atom. The molecule has 2 heterocycles. The lowest BCUT2D eigenvalue weighted by molar-refractivity contribution is 0.0107. The number of halogens is 1. The van der Waals surface area contributed by atoms with Crippen LogP contribution in [0.15, 0.2) is 12.1 Å². The molecule has 0 N–H and O–H groups in total. The number of carbonyl (C=O) groups is 1. The van der Waals surface area contributed by atoms with Crippen molar-refractivity contribution in [3.05, 3.63) is 28.5 Å². The second kappa shape index (κ2) is 6.22. The van der Waals surface area contributed by atoms with Gasteiger partial charge in [0.1, 0.15) is 10.8 Å². The van der Waals surface area contributed by atoms with E-state index in [0.717, 1.165) is 30.5 Å². The number of rotatable bonds is 2. The van der Waals surface area contributed by atoms with Gasteiger partial charge in [-0.05, 0) is 38.8 Å². The lowest BCUT2D eigenvalue weighted by Crippen LogP contribution is -2.46. The minimum atomic E-state index is -0.480. The largest absolute Gasteiger partial charge is 0.444 e. The number of carbonyl (C=O) groups excluding carboxylic acids is 1. The Morgan fingerprint density at radius 2 is 2.19 bits per heavy atom. The van der Waals surface area contributed by atoms with Crippen molar-refractivity contribution in [2.75, 3.05) is 0 Å². The van der Waals surface area contributed by atoms with E-state index < -0.39 is 5.60 Å². The van der Waals surface area contributed by atoms with Crippen molar-refractivity contribution >= 4 is 17.7 Å². The van der Waals surface area contributed by atoms with Crippen LogP contribution in [0.1, 0.15) is 51.8 Å². The Bertz CT molecular complexity index is 525. The van der Waals surface area contributed by atoms with Crippen molar-refractivity contribution in [2.45, 2.75) is 65.1 Å². The molecule has 1 atom stereocenters. The van der Waals surface area contributed by atoms with Crippen LogP contribution in [0.25, 0.3) is 0 Å². The quantitative estimate of drug-likeness (QED) is 0.769. The van der Waals surface area contributed by atoms with Crippen LogP contribution in [0.5, 0.6) is 0 Å². The summed E-state index contributed by atoms with van der Waals surface area (Å²) in [6, 6.07) is 3.85. The molecule has 116 valence electrons. The number of aromatic nitrogens is 1. The van der Waals surface area contributed by atoms with E-state index in [1.807, 2.05) is 31.7 Å². The van der Waals surface area contributed by atoms with Crippen LogP contribution in [-0.2, 0) is 17.7 Å². The molecule has 1 aromatic rings. The maximum Gasteiger partial charge on any atom is 0.410 e. The number of hydrogen-bond donors (Lipinski definition) is 0. The average molecular weight is 311 g/mol. The summed E-state index contributed by atoms with van der Waals surface area (Å²) in [7, 11) is 0. The predicted molar refractivity (Wildman–Crippen MR) is 83.4 cm³/mol. The number of amides is 1. The first-order chi connectivity index (χ1) is 9.80. The topological polar surface area (TPSA) is 42.4 Å². The predicted octanol–water partition coefficient (Wildman–Crippen LogP) is 4.20. The van der Waals surface area contributed by atoms with Crippen molar-refractivity contribution < 1.29 is 9.53 Å². The van der Waals surface area contributed by atoms with Gasteiger partial charge in [0.2, 0.25) is 0 Å². The Morgan fingerprint density at radius 1 is 1.48 bits per heavy atom. The molecule has 1 aromatic heterocycles. The molecule has 4 nitrogen and oxygen atoms in total. The van der Waals surface area contributed by atoms with E-state index in [1.54, 1.807) is 6.07 Å². The highest BCUT2D eigenvalue weighted by atomic mass is 35.5. The van der Waals surface area contributed by atoms with Crippen LogP contribution in [0.4, 0.5) is 4.79 Å². The summed E-state index contributed by atoms with van der Waals surface area (Å²) >= 11 is 5.97. The van der Waals surface area contributed by atoms with E-state index >= 15 is 0 Å². The van der Waals surface area contributed by atoms with Gasteiger partial charge in [-0.25, -0.2) is 9.78 Å². The molecule has 1 unspecified atom stereocenters. The molecule has 0 spiro atoms. The first kappa shape index (κ1) is 16.1.